The molecule has 0 saturated heterocycles. The van der Waals surface area contributed by atoms with Gasteiger partial charge in [-0.05, 0) is 11.5 Å². The minimum atomic E-state index is -3.64. The summed E-state index contributed by atoms with van der Waals surface area (Å²) >= 11 is 0. The van der Waals surface area contributed by atoms with Crippen LogP contribution >= 0.6 is 0 Å². The summed E-state index contributed by atoms with van der Waals surface area (Å²) in [6, 6.07) is 12.9. The number of anilines is 1. The van der Waals surface area contributed by atoms with Crippen molar-refractivity contribution in [3.63, 3.8) is 0 Å². The van der Waals surface area contributed by atoms with Crippen LogP contribution in [0.25, 0.3) is 10.8 Å². The fourth-order valence-corrected chi connectivity index (χ4v) is 3.01. The van der Waals surface area contributed by atoms with Crippen molar-refractivity contribution < 1.29 is 13.2 Å². The lowest BCUT2D eigenvalue weighted by atomic mass is 10.1. The van der Waals surface area contributed by atoms with Gasteiger partial charge in [-0.1, -0.05) is 42.5 Å². The van der Waals surface area contributed by atoms with Crippen LogP contribution in [0.4, 0.5) is 5.69 Å². The van der Waals surface area contributed by atoms with E-state index in [1.54, 1.807) is 12.1 Å². The largest absolute Gasteiger partial charge is 0.368 e. The zero-order valence-electron chi connectivity index (χ0n) is 11.9. The van der Waals surface area contributed by atoms with Gasteiger partial charge < -0.3 is 5.73 Å². The van der Waals surface area contributed by atoms with Gasteiger partial charge in [-0.15, -0.1) is 11.4 Å². The summed E-state index contributed by atoms with van der Waals surface area (Å²) < 4.78 is 23.9. The maximum absolute atomic E-state index is 12.0. The molecule has 0 radical (unpaired) electrons. The number of carbonyl (C=O) groups is 1. The minimum Gasteiger partial charge on any atom is -0.368 e. The summed E-state index contributed by atoms with van der Waals surface area (Å²) in [5, 5.41) is 2.98. The van der Waals surface area contributed by atoms with Gasteiger partial charge in [-0.3, -0.25) is 9.80 Å². The molecule has 0 unspecified atom stereocenters. The number of hydrazine groups is 1. The standard InChI is InChI=1S/C15H17N3O3S/c1-2-10-22(20,21)17-18(11-15(16)19)14-9-5-7-12-6-3-4-8-13(12)14/h2-9,17H,1,10-11H2,(H2,16,19). The highest BCUT2D eigenvalue weighted by atomic mass is 32.2. The van der Waals surface area contributed by atoms with E-state index in [0.29, 0.717) is 5.69 Å². The van der Waals surface area contributed by atoms with Crippen LogP contribution in [0.3, 0.4) is 0 Å². The Morgan fingerprint density at radius 3 is 2.59 bits per heavy atom. The summed E-state index contributed by atoms with van der Waals surface area (Å²) in [4.78, 5) is 13.7. The number of hydrogen-bond acceptors (Lipinski definition) is 4. The van der Waals surface area contributed by atoms with Crippen LogP contribution < -0.4 is 15.6 Å². The molecule has 22 heavy (non-hydrogen) atoms. The molecule has 0 aliphatic rings. The minimum absolute atomic E-state index is 0.257. The van der Waals surface area contributed by atoms with Crippen molar-refractivity contribution in [3.05, 3.63) is 55.1 Å². The molecular weight excluding hydrogens is 302 g/mol. The number of fused-ring (bicyclic) bond motifs is 1. The van der Waals surface area contributed by atoms with Crippen molar-refractivity contribution >= 4 is 32.4 Å². The Kier molecular flexibility index (Phi) is 4.79. The summed E-state index contributed by atoms with van der Waals surface area (Å²) in [7, 11) is -3.64. The summed E-state index contributed by atoms with van der Waals surface area (Å²) in [5.74, 6) is -0.901. The highest BCUT2D eigenvalue weighted by Crippen LogP contribution is 2.25. The van der Waals surface area contributed by atoms with E-state index < -0.39 is 15.9 Å². The van der Waals surface area contributed by atoms with Crippen molar-refractivity contribution in [1.82, 2.24) is 4.83 Å². The molecule has 116 valence electrons. The zero-order chi connectivity index (χ0) is 16.2. The van der Waals surface area contributed by atoms with Gasteiger partial charge in [0.15, 0.2) is 0 Å². The van der Waals surface area contributed by atoms with Crippen molar-refractivity contribution in [2.24, 2.45) is 5.73 Å². The van der Waals surface area contributed by atoms with Gasteiger partial charge in [-0.25, -0.2) is 8.42 Å². The maximum atomic E-state index is 12.0. The number of hydrogen-bond donors (Lipinski definition) is 2. The zero-order valence-corrected chi connectivity index (χ0v) is 12.7. The van der Waals surface area contributed by atoms with Gasteiger partial charge in [0.2, 0.25) is 15.9 Å². The van der Waals surface area contributed by atoms with E-state index in [-0.39, 0.29) is 12.3 Å². The van der Waals surface area contributed by atoms with E-state index in [9.17, 15) is 13.2 Å². The Balaban J connectivity index is 2.48. The molecule has 0 heterocycles. The van der Waals surface area contributed by atoms with Crippen molar-refractivity contribution in [2.45, 2.75) is 0 Å². The fraction of sp³-hybridized carbons (Fsp3) is 0.133. The number of nitrogens with zero attached hydrogens (tertiary/aromatic N) is 1. The number of nitrogens with two attached hydrogens (primary N) is 1. The normalized spacial score (nSPS) is 11.3. The van der Waals surface area contributed by atoms with Crippen LogP contribution in [0.2, 0.25) is 0 Å². The Morgan fingerprint density at radius 1 is 1.23 bits per heavy atom. The molecule has 0 spiro atoms. The molecule has 2 aromatic carbocycles. The first-order valence-corrected chi connectivity index (χ1v) is 8.23. The molecule has 3 N–H and O–H groups in total. The molecule has 0 aliphatic carbocycles. The molecule has 0 aromatic heterocycles. The van der Waals surface area contributed by atoms with E-state index in [1.165, 1.54) is 11.1 Å². The summed E-state index contributed by atoms with van der Waals surface area (Å²) in [6.45, 7) is 3.13. The molecule has 0 bridgehead atoms. The Labute approximate surface area is 129 Å². The second kappa shape index (κ2) is 6.59. The molecule has 7 heteroatoms. The van der Waals surface area contributed by atoms with Gasteiger partial charge in [0, 0.05) is 5.39 Å². The van der Waals surface area contributed by atoms with Crippen LogP contribution in [0.1, 0.15) is 0 Å². The molecule has 2 rings (SSSR count). The van der Waals surface area contributed by atoms with E-state index in [0.717, 1.165) is 10.8 Å². The van der Waals surface area contributed by atoms with Gasteiger partial charge in [0.25, 0.3) is 0 Å². The van der Waals surface area contributed by atoms with Crippen LogP contribution in [-0.4, -0.2) is 26.6 Å². The van der Waals surface area contributed by atoms with Crippen LogP contribution in [-0.2, 0) is 14.8 Å². The topological polar surface area (TPSA) is 92.5 Å². The van der Waals surface area contributed by atoms with Gasteiger partial charge in [0.05, 0.1) is 11.4 Å². The average Bonchev–Trinajstić information content (AvgIpc) is 2.45. The number of nitrogens with one attached hydrogen (secondary N) is 1. The average molecular weight is 319 g/mol. The van der Waals surface area contributed by atoms with E-state index in [4.69, 9.17) is 5.73 Å². The first kappa shape index (κ1) is 16.0. The monoisotopic (exact) mass is 319 g/mol. The SMILES string of the molecule is C=CCS(=O)(=O)NN(CC(N)=O)c1cccc2ccccc12. The first-order chi connectivity index (χ1) is 10.4. The van der Waals surface area contributed by atoms with E-state index >= 15 is 0 Å². The molecule has 2 aromatic rings. The van der Waals surface area contributed by atoms with Gasteiger partial charge >= 0.3 is 0 Å². The molecule has 0 atom stereocenters. The number of sulfonamides is 1. The number of carbonyl (C=O) groups excluding carboxylic acids is 1. The molecule has 6 nitrogen and oxygen atoms in total. The number of amides is 1. The third-order valence-electron chi connectivity index (χ3n) is 2.96. The number of primary amides is 1. The lowest BCUT2D eigenvalue weighted by molar-refractivity contribution is -0.116. The fourth-order valence-electron chi connectivity index (χ4n) is 2.13. The molecule has 0 aliphatic heterocycles. The number of benzene rings is 2. The van der Waals surface area contributed by atoms with E-state index in [1.807, 2.05) is 30.3 Å². The molecule has 1 amide bonds. The summed E-state index contributed by atoms with van der Waals surface area (Å²) in [5.41, 5.74) is 5.79. The smallest absolute Gasteiger partial charge is 0.238 e. The Hall–Kier alpha value is -2.38. The lowest BCUT2D eigenvalue weighted by Crippen LogP contribution is -2.47. The summed E-state index contributed by atoms with van der Waals surface area (Å²) in [6.07, 6.45) is 1.27. The predicted octanol–water partition coefficient (Wildman–Crippen LogP) is 1.15. The highest BCUT2D eigenvalue weighted by Gasteiger charge is 2.18. The number of rotatable bonds is 7. The third-order valence-corrected chi connectivity index (χ3v) is 4.13. The van der Waals surface area contributed by atoms with Gasteiger partial charge in [-0.2, -0.15) is 0 Å². The first-order valence-electron chi connectivity index (χ1n) is 6.57. The van der Waals surface area contributed by atoms with Crippen molar-refractivity contribution in [1.29, 1.82) is 0 Å². The Morgan fingerprint density at radius 2 is 1.91 bits per heavy atom. The van der Waals surface area contributed by atoms with E-state index in [2.05, 4.69) is 11.4 Å². The Bertz CT molecular complexity index is 797. The lowest BCUT2D eigenvalue weighted by Gasteiger charge is -2.25. The van der Waals surface area contributed by atoms with Gasteiger partial charge in [0.1, 0.15) is 6.54 Å². The maximum Gasteiger partial charge on any atom is 0.238 e. The van der Waals surface area contributed by atoms with Crippen LogP contribution in [0.15, 0.2) is 55.1 Å². The molecule has 0 saturated carbocycles. The highest BCUT2D eigenvalue weighted by molar-refractivity contribution is 7.89. The third kappa shape index (κ3) is 3.84. The quantitative estimate of drug-likeness (QED) is 0.591. The predicted molar refractivity (Wildman–Crippen MR) is 87.6 cm³/mol. The second-order valence-corrected chi connectivity index (χ2v) is 6.46. The van der Waals surface area contributed by atoms with Crippen LogP contribution in [0.5, 0.6) is 0 Å². The molecule has 0 fully saturated rings. The molecular formula is C15H17N3O3S. The second-order valence-electron chi connectivity index (χ2n) is 4.71. The van der Waals surface area contributed by atoms with Crippen molar-refractivity contribution in [3.8, 4) is 0 Å². The van der Waals surface area contributed by atoms with Crippen LogP contribution in [0, 0.1) is 0 Å². The van der Waals surface area contributed by atoms with Crippen molar-refractivity contribution in [2.75, 3.05) is 17.3 Å².